The molecule has 0 unspecified atom stereocenters. The smallest absolute Gasteiger partial charge is 0.311 e. The van der Waals surface area contributed by atoms with Gasteiger partial charge < -0.3 is 4.74 Å². The third-order valence-electron chi connectivity index (χ3n) is 3.74. The number of esters is 1. The lowest BCUT2D eigenvalue weighted by Gasteiger charge is -2.06. The maximum Gasteiger partial charge on any atom is 0.311 e. The summed E-state index contributed by atoms with van der Waals surface area (Å²) in [7, 11) is 0. The number of carbonyl (C=O) groups excluding carboxylic acids is 2. The van der Waals surface area contributed by atoms with E-state index in [0.29, 0.717) is 28.7 Å². The lowest BCUT2D eigenvalue weighted by atomic mass is 10.2. The first kappa shape index (κ1) is 18.7. The van der Waals surface area contributed by atoms with Crippen LogP contribution in [0.5, 0.6) is 0 Å². The van der Waals surface area contributed by atoms with Crippen molar-refractivity contribution in [1.29, 1.82) is 0 Å². The molecule has 0 atom stereocenters. The van der Waals surface area contributed by atoms with Gasteiger partial charge in [0.15, 0.2) is 5.13 Å². The number of para-hydroxylation sites is 1. The number of nitrogens with one attached hydrogen (secondary N) is 1. The summed E-state index contributed by atoms with van der Waals surface area (Å²) in [5.74, 6) is -1.21. The SMILES string of the molecule is CCOC(=O)Cc1csc(NC(=O)c2cnn(-c3ccccc3F)c2C)n1. The minimum atomic E-state index is -0.431. The molecule has 0 aliphatic rings. The van der Waals surface area contributed by atoms with E-state index < -0.39 is 11.7 Å². The number of rotatable bonds is 6. The van der Waals surface area contributed by atoms with E-state index in [-0.39, 0.29) is 18.1 Å². The summed E-state index contributed by atoms with van der Waals surface area (Å²) in [6, 6.07) is 6.19. The zero-order valence-electron chi connectivity index (χ0n) is 14.7. The van der Waals surface area contributed by atoms with Crippen LogP contribution in [-0.2, 0) is 16.0 Å². The van der Waals surface area contributed by atoms with Crippen LogP contribution in [0.1, 0.15) is 28.7 Å². The molecule has 0 aliphatic heterocycles. The Morgan fingerprint density at radius 2 is 2.11 bits per heavy atom. The Hall–Kier alpha value is -3.07. The first-order valence-corrected chi connectivity index (χ1v) is 9.08. The molecule has 0 saturated heterocycles. The lowest BCUT2D eigenvalue weighted by molar-refractivity contribution is -0.142. The van der Waals surface area contributed by atoms with Crippen LogP contribution in [0.25, 0.3) is 5.69 Å². The third kappa shape index (κ3) is 4.20. The number of ether oxygens (including phenoxy) is 1. The maximum absolute atomic E-state index is 14.0. The summed E-state index contributed by atoms with van der Waals surface area (Å²) in [5, 5.41) is 8.83. The fraction of sp³-hybridized carbons (Fsp3) is 0.222. The van der Waals surface area contributed by atoms with Gasteiger partial charge in [-0.1, -0.05) is 12.1 Å². The average molecular weight is 388 g/mol. The minimum Gasteiger partial charge on any atom is -0.466 e. The zero-order chi connectivity index (χ0) is 19.4. The predicted molar refractivity (Wildman–Crippen MR) is 98.7 cm³/mol. The molecule has 1 aromatic carbocycles. The topological polar surface area (TPSA) is 86.1 Å². The summed E-state index contributed by atoms with van der Waals surface area (Å²) < 4.78 is 20.2. The predicted octanol–water partition coefficient (Wildman–Crippen LogP) is 3.13. The van der Waals surface area contributed by atoms with Gasteiger partial charge in [-0.25, -0.2) is 14.1 Å². The Balaban J connectivity index is 1.73. The van der Waals surface area contributed by atoms with Crippen LogP contribution in [0.3, 0.4) is 0 Å². The summed E-state index contributed by atoms with van der Waals surface area (Å²) in [4.78, 5) is 28.2. The van der Waals surface area contributed by atoms with Gasteiger partial charge in [0, 0.05) is 5.38 Å². The van der Waals surface area contributed by atoms with Crippen molar-refractivity contribution < 1.29 is 18.7 Å². The highest BCUT2D eigenvalue weighted by Gasteiger charge is 2.18. The highest BCUT2D eigenvalue weighted by molar-refractivity contribution is 7.14. The van der Waals surface area contributed by atoms with Gasteiger partial charge in [0.05, 0.1) is 36.2 Å². The van der Waals surface area contributed by atoms with Crippen LogP contribution in [-0.4, -0.2) is 33.2 Å². The molecule has 2 heterocycles. The molecule has 0 spiro atoms. The number of carbonyl (C=O) groups is 2. The molecule has 0 saturated carbocycles. The van der Waals surface area contributed by atoms with Crippen molar-refractivity contribution in [3.8, 4) is 5.69 Å². The summed E-state index contributed by atoms with van der Waals surface area (Å²) in [6.45, 7) is 3.72. The number of anilines is 1. The average Bonchev–Trinajstić information content (AvgIpc) is 3.22. The van der Waals surface area contributed by atoms with Crippen LogP contribution in [0.2, 0.25) is 0 Å². The second kappa shape index (κ2) is 8.09. The summed E-state index contributed by atoms with van der Waals surface area (Å²) in [6.07, 6.45) is 1.43. The minimum absolute atomic E-state index is 0.0461. The van der Waals surface area contributed by atoms with E-state index in [4.69, 9.17) is 4.74 Å². The van der Waals surface area contributed by atoms with E-state index in [0.717, 1.165) is 0 Å². The standard InChI is InChI=1S/C18H17FN4O3S/c1-3-26-16(24)8-12-10-27-18(21-12)22-17(25)13-9-20-23(11(13)2)15-7-5-4-6-14(15)19/h4-7,9-10H,3,8H2,1-2H3,(H,21,22,25). The molecule has 1 amide bonds. The first-order chi connectivity index (χ1) is 13.0. The van der Waals surface area contributed by atoms with Crippen LogP contribution in [0.15, 0.2) is 35.8 Å². The van der Waals surface area contributed by atoms with Crippen LogP contribution in [0.4, 0.5) is 9.52 Å². The number of benzene rings is 1. The Morgan fingerprint density at radius 1 is 1.33 bits per heavy atom. The van der Waals surface area contributed by atoms with E-state index in [1.54, 1.807) is 37.4 Å². The Labute approximate surface area is 158 Å². The van der Waals surface area contributed by atoms with Crippen molar-refractivity contribution in [2.45, 2.75) is 20.3 Å². The zero-order valence-corrected chi connectivity index (χ0v) is 15.5. The fourth-order valence-corrected chi connectivity index (χ4v) is 3.17. The maximum atomic E-state index is 14.0. The molecule has 2 aromatic heterocycles. The van der Waals surface area contributed by atoms with E-state index in [2.05, 4.69) is 15.4 Å². The molecule has 1 N–H and O–H groups in total. The molecule has 0 radical (unpaired) electrons. The van der Waals surface area contributed by atoms with E-state index in [1.165, 1.54) is 28.3 Å². The van der Waals surface area contributed by atoms with Gasteiger partial charge in [0.2, 0.25) is 0 Å². The molecule has 7 nitrogen and oxygen atoms in total. The number of amides is 1. The Bertz CT molecular complexity index is 983. The fourth-order valence-electron chi connectivity index (χ4n) is 2.47. The van der Waals surface area contributed by atoms with E-state index in [1.807, 2.05) is 0 Å². The molecule has 140 valence electrons. The van der Waals surface area contributed by atoms with Gasteiger partial charge in [-0.3, -0.25) is 14.9 Å². The lowest BCUT2D eigenvalue weighted by Crippen LogP contribution is -2.13. The van der Waals surface area contributed by atoms with E-state index in [9.17, 15) is 14.0 Å². The summed E-state index contributed by atoms with van der Waals surface area (Å²) >= 11 is 1.21. The quantitative estimate of drug-likeness (QED) is 0.656. The first-order valence-electron chi connectivity index (χ1n) is 8.20. The molecule has 0 bridgehead atoms. The third-order valence-corrected chi connectivity index (χ3v) is 4.54. The van der Waals surface area contributed by atoms with Crippen LogP contribution in [0, 0.1) is 12.7 Å². The number of hydrogen-bond acceptors (Lipinski definition) is 6. The van der Waals surface area contributed by atoms with Gasteiger partial charge in [-0.15, -0.1) is 11.3 Å². The highest BCUT2D eigenvalue weighted by atomic mass is 32.1. The van der Waals surface area contributed by atoms with Crippen molar-refractivity contribution in [2.75, 3.05) is 11.9 Å². The van der Waals surface area contributed by atoms with Crippen LogP contribution >= 0.6 is 11.3 Å². The molecular formula is C18H17FN4O3S. The number of nitrogens with zero attached hydrogens (tertiary/aromatic N) is 3. The van der Waals surface area contributed by atoms with Gasteiger partial charge in [0.25, 0.3) is 5.91 Å². The van der Waals surface area contributed by atoms with Gasteiger partial charge in [-0.05, 0) is 26.0 Å². The van der Waals surface area contributed by atoms with Crippen molar-refractivity contribution in [2.24, 2.45) is 0 Å². The number of thiazole rings is 1. The van der Waals surface area contributed by atoms with Crippen LogP contribution < -0.4 is 5.32 Å². The molecule has 3 rings (SSSR count). The monoisotopic (exact) mass is 388 g/mol. The second-order valence-corrected chi connectivity index (χ2v) is 6.44. The number of hydrogen-bond donors (Lipinski definition) is 1. The van der Waals surface area contributed by atoms with Gasteiger partial charge in [0.1, 0.15) is 11.5 Å². The molecule has 9 heteroatoms. The Morgan fingerprint density at radius 3 is 2.85 bits per heavy atom. The molecule has 0 aliphatic carbocycles. The molecule has 27 heavy (non-hydrogen) atoms. The molecule has 0 fully saturated rings. The van der Waals surface area contributed by atoms with Crippen molar-refractivity contribution in [1.82, 2.24) is 14.8 Å². The van der Waals surface area contributed by atoms with Gasteiger partial charge in [-0.2, -0.15) is 5.10 Å². The van der Waals surface area contributed by atoms with Crippen molar-refractivity contribution >= 4 is 28.3 Å². The number of aromatic nitrogens is 3. The van der Waals surface area contributed by atoms with Gasteiger partial charge >= 0.3 is 5.97 Å². The molecule has 3 aromatic rings. The van der Waals surface area contributed by atoms with Crippen molar-refractivity contribution in [3.63, 3.8) is 0 Å². The van der Waals surface area contributed by atoms with Crippen molar-refractivity contribution in [3.05, 3.63) is 58.6 Å². The summed E-state index contributed by atoms with van der Waals surface area (Å²) in [5.41, 5.74) is 1.59. The highest BCUT2D eigenvalue weighted by Crippen LogP contribution is 2.20. The normalized spacial score (nSPS) is 10.6. The number of halogens is 1. The largest absolute Gasteiger partial charge is 0.466 e. The van der Waals surface area contributed by atoms with E-state index >= 15 is 0 Å². The second-order valence-electron chi connectivity index (χ2n) is 5.59. The molecular weight excluding hydrogens is 371 g/mol. The Kier molecular flexibility index (Phi) is 5.60.